The Morgan fingerprint density at radius 1 is 0.531 bits per heavy atom. The molecule has 0 fully saturated rings. The van der Waals surface area contributed by atoms with Gasteiger partial charge in [0.05, 0.1) is 24.8 Å². The number of carbonyl (C=O) groups excluding carboxylic acids is 2. The van der Waals surface area contributed by atoms with Gasteiger partial charge in [-0.15, -0.1) is 0 Å². The molecular formula is C74H80F8N8O4S2. The quantitative estimate of drug-likeness (QED) is 0.0295. The van der Waals surface area contributed by atoms with Gasteiger partial charge in [-0.3, -0.25) is 19.2 Å². The summed E-state index contributed by atoms with van der Waals surface area (Å²) in [4.78, 5) is 68.5. The number of benzene rings is 6. The number of carbonyl (C=O) groups is 2. The topological polar surface area (TPSA) is 117 Å². The number of likely N-dealkylation sites (N-methyl/N-ethyl adjacent to an activating group) is 2. The number of alkyl halides is 6. The molecule has 8 aromatic rings. The fraction of sp³-hybridized carbons (Fsp3) is 0.378. The van der Waals surface area contributed by atoms with Crippen LogP contribution in [0.2, 0.25) is 0 Å². The normalized spacial score (nSPS) is 15.1. The molecule has 2 aliphatic carbocycles. The molecule has 2 aromatic heterocycles. The molecule has 0 radical (unpaired) electrons. The lowest BCUT2D eigenvalue weighted by atomic mass is 9.97. The number of halogens is 8. The van der Waals surface area contributed by atoms with E-state index < -0.39 is 133 Å². The summed E-state index contributed by atoms with van der Waals surface area (Å²) in [6, 6.07) is 16.5. The molecule has 2 aliphatic rings. The van der Waals surface area contributed by atoms with Crippen molar-refractivity contribution in [3.63, 3.8) is 0 Å². The first kappa shape index (κ1) is 57.2. The second-order valence-corrected chi connectivity index (χ2v) is 24.7. The first-order chi connectivity index (χ1) is 50.7. The number of rotatable bonds is 26. The van der Waals surface area contributed by atoms with Gasteiger partial charge in [0.2, 0.25) is 11.8 Å². The third kappa shape index (κ3) is 18.8. The van der Waals surface area contributed by atoms with E-state index >= 15 is 0 Å². The molecule has 2 amide bonds. The highest BCUT2D eigenvalue weighted by molar-refractivity contribution is 7.98. The van der Waals surface area contributed by atoms with Gasteiger partial charge in [0.1, 0.15) is 24.7 Å². The molecule has 10 rings (SSSR count). The molecule has 0 saturated carbocycles. The minimum absolute atomic E-state index is 0.0181. The van der Waals surface area contributed by atoms with Gasteiger partial charge in [-0.1, -0.05) is 136 Å². The highest BCUT2D eigenvalue weighted by Crippen LogP contribution is 2.35. The van der Waals surface area contributed by atoms with Crippen molar-refractivity contribution in [2.24, 2.45) is 0 Å². The number of fused-ring (bicyclic) bond motifs is 2. The third-order valence-corrected chi connectivity index (χ3v) is 18.5. The molecule has 0 atom stereocenters. The highest BCUT2D eigenvalue weighted by atomic mass is 32.2. The van der Waals surface area contributed by atoms with E-state index in [1.807, 2.05) is 18.7 Å². The predicted octanol–water partition coefficient (Wildman–Crippen LogP) is 15.1. The zero-order chi connectivity index (χ0) is 79.4. The molecule has 0 aliphatic heterocycles. The average molecular weight is 1370 g/mol. The van der Waals surface area contributed by atoms with Gasteiger partial charge >= 0.3 is 12.4 Å². The van der Waals surface area contributed by atoms with Crippen molar-refractivity contribution in [1.82, 2.24) is 38.7 Å². The Balaban J connectivity index is 0.000000249. The predicted molar refractivity (Wildman–Crippen MR) is 363 cm³/mol. The number of amides is 2. The van der Waals surface area contributed by atoms with Crippen molar-refractivity contribution in [2.45, 2.75) is 140 Å². The molecule has 0 unspecified atom stereocenters. The van der Waals surface area contributed by atoms with E-state index in [2.05, 4.69) is 9.97 Å². The van der Waals surface area contributed by atoms with Crippen LogP contribution in [-0.2, 0) is 85.3 Å². The van der Waals surface area contributed by atoms with E-state index in [9.17, 15) is 59.8 Å². The molecule has 508 valence electrons. The Hall–Kier alpha value is -7.92. The van der Waals surface area contributed by atoms with Crippen molar-refractivity contribution in [3.05, 3.63) is 233 Å². The van der Waals surface area contributed by atoms with Gasteiger partial charge in [-0.25, -0.2) is 8.78 Å². The molecule has 6 aromatic carbocycles. The Bertz CT molecular complexity index is 4700. The lowest BCUT2D eigenvalue weighted by Gasteiger charge is -2.28. The summed E-state index contributed by atoms with van der Waals surface area (Å²) in [6.07, 6.45) is -6.13. The first-order valence-corrected chi connectivity index (χ1v) is 33.3. The molecule has 96 heavy (non-hydrogen) atoms. The molecule has 0 saturated heterocycles. The van der Waals surface area contributed by atoms with Crippen LogP contribution in [0.4, 0.5) is 35.1 Å². The monoisotopic (exact) mass is 1370 g/mol. The van der Waals surface area contributed by atoms with Crippen LogP contribution in [-0.4, -0.2) is 103 Å². The van der Waals surface area contributed by atoms with Crippen LogP contribution in [0.25, 0.3) is 22.3 Å². The summed E-state index contributed by atoms with van der Waals surface area (Å²) in [7, 11) is 0. The second kappa shape index (κ2) is 32.9. The standard InChI is InChI=1S/2C37H40F4N4O2S/c2*1-4-43(5-2)19-20-44(22-27-11-18-31(25(3)21-27)28-12-14-29(15-13-28)37(39,40)41)34(46)23-45-33-8-6-7-32(33)35(47)42-36(45)48-24-26-9-16-30(38)17-10-26/h2*9-18,21H,4-8,19-20,22-24H2,1-3H3/i11D,18D,19D2,20D2,21D;11D,18D,21D,22D2. The Labute approximate surface area is 580 Å². The van der Waals surface area contributed by atoms with Crippen molar-refractivity contribution in [2.75, 3.05) is 52.3 Å². The molecule has 0 spiro atoms. The number of thioether (sulfide) groups is 2. The number of hydrogen-bond donors (Lipinski definition) is 0. The van der Waals surface area contributed by atoms with Crippen LogP contribution in [0.1, 0.15) is 124 Å². The van der Waals surface area contributed by atoms with Crippen molar-refractivity contribution >= 4 is 35.3 Å². The van der Waals surface area contributed by atoms with E-state index in [4.69, 9.17) is 11.0 Å². The third-order valence-electron chi connectivity index (χ3n) is 16.4. The summed E-state index contributed by atoms with van der Waals surface area (Å²) in [5.41, 5.74) is 0.537. The average Bonchev–Trinajstić information content (AvgIpc) is 0.860. The summed E-state index contributed by atoms with van der Waals surface area (Å²) in [5.74, 6) is -1.94. The maximum atomic E-state index is 14.6. The Morgan fingerprint density at radius 3 is 1.38 bits per heavy atom. The summed E-state index contributed by atoms with van der Waals surface area (Å²) in [5, 5.41) is 0.383. The SMILES string of the molecule is [2H]c1c([2H])c(-c2ccc(C(F)(F)F)cc2)c(C)c([2H])c1CN(C(=O)Cn1c(SCc2ccc(F)cc2)nc(=O)c2c1CCC2)C([2H])([2H])C([2H])([2H])N(CC)CC.[2H]c1c([2H])c(C([2H])([2H])N(CCN(CC)CC)C(=O)Cn2c(SCc3ccc(F)cc3)nc(=O)c3c2CCC3)c([2H])c(C)c1-c1ccc(C(F)(F)F)cc1. The molecule has 22 heteroatoms. The number of aromatic nitrogens is 4. The minimum Gasteiger partial charge on any atom is -0.336 e. The van der Waals surface area contributed by atoms with Gasteiger partial charge in [0, 0.05) is 75.9 Å². The summed E-state index contributed by atoms with van der Waals surface area (Å²) < 4.78 is 218. The maximum absolute atomic E-state index is 14.6. The van der Waals surface area contributed by atoms with Gasteiger partial charge < -0.3 is 28.7 Å². The zero-order valence-corrected chi connectivity index (χ0v) is 55.4. The number of hydrogen-bond acceptors (Lipinski definition) is 10. The lowest BCUT2D eigenvalue weighted by Crippen LogP contribution is -2.40. The first-order valence-electron chi connectivity index (χ1n) is 37.4. The summed E-state index contributed by atoms with van der Waals surface area (Å²) >= 11 is 2.30. The maximum Gasteiger partial charge on any atom is 0.416 e. The Morgan fingerprint density at radius 2 is 0.948 bits per heavy atom. The van der Waals surface area contributed by atoms with Crippen LogP contribution in [0.3, 0.4) is 0 Å². The van der Waals surface area contributed by atoms with Gasteiger partial charge in [-0.2, -0.15) is 36.3 Å². The van der Waals surface area contributed by atoms with E-state index in [-0.39, 0.29) is 87.2 Å². The highest BCUT2D eigenvalue weighted by Gasteiger charge is 2.32. The van der Waals surface area contributed by atoms with Crippen molar-refractivity contribution in [1.29, 1.82) is 0 Å². The van der Waals surface area contributed by atoms with E-state index in [0.29, 0.717) is 90.3 Å². The van der Waals surface area contributed by atoms with Crippen LogP contribution in [0.15, 0.2) is 153 Å². The summed E-state index contributed by atoms with van der Waals surface area (Å²) in [6.45, 7) is 0.926. The number of nitrogens with zero attached hydrogens (tertiary/aromatic N) is 8. The fourth-order valence-corrected chi connectivity index (χ4v) is 13.0. The van der Waals surface area contributed by atoms with E-state index in [1.54, 1.807) is 42.7 Å². The van der Waals surface area contributed by atoms with Gasteiger partial charge in [0.25, 0.3) is 11.1 Å². The molecule has 12 nitrogen and oxygen atoms in total. The Kier molecular flexibility index (Phi) is 19.6. The smallest absolute Gasteiger partial charge is 0.336 e. The van der Waals surface area contributed by atoms with Gasteiger partial charge in [-0.05, 0) is 183 Å². The molecular weight excluding hydrogens is 1280 g/mol. The van der Waals surface area contributed by atoms with Crippen LogP contribution in [0, 0.1) is 25.5 Å². The molecule has 2 heterocycles. The molecule has 0 bridgehead atoms. The van der Waals surface area contributed by atoms with Gasteiger partial charge in [0.15, 0.2) is 10.3 Å². The largest absolute Gasteiger partial charge is 0.416 e. The zero-order valence-electron chi connectivity index (χ0n) is 65.8. The minimum atomic E-state index is -4.61. The van der Waals surface area contributed by atoms with E-state index in [1.165, 1.54) is 59.3 Å². The van der Waals surface area contributed by atoms with Crippen LogP contribution < -0.4 is 11.1 Å². The van der Waals surface area contributed by atoms with Crippen molar-refractivity contribution < 1.29 is 61.2 Å². The fourth-order valence-electron chi connectivity index (χ4n) is 11.1. The molecule has 0 N–H and O–H groups in total. The van der Waals surface area contributed by atoms with Crippen molar-refractivity contribution in [3.8, 4) is 22.3 Å². The van der Waals surface area contributed by atoms with Crippen LogP contribution >= 0.6 is 23.5 Å². The lowest BCUT2D eigenvalue weighted by molar-refractivity contribution is -0.138. The van der Waals surface area contributed by atoms with Crippen LogP contribution in [0.5, 0.6) is 0 Å². The second-order valence-electron chi connectivity index (χ2n) is 22.8. The van der Waals surface area contributed by atoms with E-state index in [0.717, 1.165) is 70.8 Å².